The summed E-state index contributed by atoms with van der Waals surface area (Å²) in [5.41, 5.74) is -0.118. The van der Waals surface area contributed by atoms with Gasteiger partial charge >= 0.3 is 0 Å². The van der Waals surface area contributed by atoms with Crippen LogP contribution in [0.3, 0.4) is 0 Å². The SMILES string of the molecule is COC(C)(C)CCC(O)CN(C)C. The van der Waals surface area contributed by atoms with E-state index in [1.54, 1.807) is 7.11 Å². The third-order valence-electron chi connectivity index (χ3n) is 2.21. The number of rotatable bonds is 6. The van der Waals surface area contributed by atoms with Gasteiger partial charge in [0, 0.05) is 13.7 Å². The molecule has 0 rings (SSSR count). The lowest BCUT2D eigenvalue weighted by Crippen LogP contribution is -2.29. The molecule has 0 fully saturated rings. The van der Waals surface area contributed by atoms with Crippen molar-refractivity contribution >= 4 is 0 Å². The molecule has 0 bridgehead atoms. The minimum atomic E-state index is -0.246. The highest BCUT2D eigenvalue weighted by atomic mass is 16.5. The standard InChI is InChI=1S/C10H23NO2/c1-10(2,13-5)7-6-9(12)8-11(3)4/h9,12H,6-8H2,1-5H3. The van der Waals surface area contributed by atoms with Crippen LogP contribution in [-0.4, -0.2) is 49.5 Å². The fourth-order valence-electron chi connectivity index (χ4n) is 1.13. The summed E-state index contributed by atoms with van der Waals surface area (Å²) in [6.07, 6.45) is 1.43. The molecule has 0 spiro atoms. The Balaban J connectivity index is 3.63. The Kier molecular flexibility index (Phi) is 5.53. The van der Waals surface area contributed by atoms with Crippen molar-refractivity contribution in [2.45, 2.75) is 38.4 Å². The summed E-state index contributed by atoms with van der Waals surface area (Å²) in [6.45, 7) is 4.80. The van der Waals surface area contributed by atoms with Gasteiger partial charge in [0.25, 0.3) is 0 Å². The van der Waals surface area contributed by atoms with Gasteiger partial charge in [-0.25, -0.2) is 0 Å². The first-order chi connectivity index (χ1) is 5.87. The van der Waals surface area contributed by atoms with Gasteiger partial charge in [-0.15, -0.1) is 0 Å². The molecule has 80 valence electrons. The van der Waals surface area contributed by atoms with E-state index in [-0.39, 0.29) is 11.7 Å². The second-order valence-corrected chi connectivity index (χ2v) is 4.42. The fraction of sp³-hybridized carbons (Fsp3) is 1.00. The molecule has 0 radical (unpaired) electrons. The molecule has 0 aromatic heterocycles. The van der Waals surface area contributed by atoms with Crippen molar-refractivity contribution in [3.63, 3.8) is 0 Å². The Bertz CT molecular complexity index is 135. The maximum Gasteiger partial charge on any atom is 0.0668 e. The zero-order valence-corrected chi connectivity index (χ0v) is 9.50. The Morgan fingerprint density at radius 2 is 1.92 bits per heavy atom. The minimum Gasteiger partial charge on any atom is -0.392 e. The van der Waals surface area contributed by atoms with Crippen LogP contribution in [0.2, 0.25) is 0 Å². The van der Waals surface area contributed by atoms with Crippen LogP contribution in [-0.2, 0) is 4.74 Å². The largest absolute Gasteiger partial charge is 0.392 e. The molecule has 0 amide bonds. The quantitative estimate of drug-likeness (QED) is 0.679. The second kappa shape index (κ2) is 5.58. The van der Waals surface area contributed by atoms with Crippen molar-refractivity contribution in [3.8, 4) is 0 Å². The van der Waals surface area contributed by atoms with E-state index in [9.17, 15) is 5.11 Å². The summed E-state index contributed by atoms with van der Waals surface area (Å²) in [6, 6.07) is 0. The minimum absolute atomic E-state index is 0.118. The van der Waals surface area contributed by atoms with Crippen molar-refractivity contribution in [1.82, 2.24) is 4.90 Å². The van der Waals surface area contributed by atoms with Crippen molar-refractivity contribution in [1.29, 1.82) is 0 Å². The molecule has 0 saturated heterocycles. The smallest absolute Gasteiger partial charge is 0.0668 e. The zero-order valence-electron chi connectivity index (χ0n) is 9.50. The molecule has 3 nitrogen and oxygen atoms in total. The Morgan fingerprint density at radius 1 is 1.38 bits per heavy atom. The van der Waals surface area contributed by atoms with Crippen molar-refractivity contribution in [2.75, 3.05) is 27.7 Å². The van der Waals surface area contributed by atoms with Crippen LogP contribution in [0.1, 0.15) is 26.7 Å². The number of hydrogen-bond donors (Lipinski definition) is 1. The highest BCUT2D eigenvalue weighted by Gasteiger charge is 2.18. The van der Waals surface area contributed by atoms with Gasteiger partial charge in [-0.2, -0.15) is 0 Å². The van der Waals surface area contributed by atoms with Crippen molar-refractivity contribution in [2.24, 2.45) is 0 Å². The van der Waals surface area contributed by atoms with Gasteiger partial charge in [0.05, 0.1) is 11.7 Å². The van der Waals surface area contributed by atoms with Crippen LogP contribution >= 0.6 is 0 Å². The number of nitrogens with zero attached hydrogens (tertiary/aromatic N) is 1. The average Bonchev–Trinajstić information content (AvgIpc) is 2.00. The van der Waals surface area contributed by atoms with Crippen LogP contribution in [0.4, 0.5) is 0 Å². The van der Waals surface area contributed by atoms with E-state index < -0.39 is 0 Å². The average molecular weight is 189 g/mol. The van der Waals surface area contributed by atoms with Gasteiger partial charge in [-0.3, -0.25) is 0 Å². The van der Waals surface area contributed by atoms with Crippen molar-refractivity contribution in [3.05, 3.63) is 0 Å². The van der Waals surface area contributed by atoms with Gasteiger partial charge in [-0.05, 0) is 40.8 Å². The number of likely N-dealkylation sites (N-methyl/N-ethyl adjacent to an activating group) is 1. The first kappa shape index (κ1) is 12.9. The third kappa shape index (κ3) is 6.99. The van der Waals surface area contributed by atoms with Crippen LogP contribution < -0.4 is 0 Å². The van der Waals surface area contributed by atoms with E-state index in [0.29, 0.717) is 0 Å². The lowest BCUT2D eigenvalue weighted by atomic mass is 10.00. The first-order valence-corrected chi connectivity index (χ1v) is 4.75. The van der Waals surface area contributed by atoms with Crippen LogP contribution in [0.25, 0.3) is 0 Å². The first-order valence-electron chi connectivity index (χ1n) is 4.75. The third-order valence-corrected chi connectivity index (χ3v) is 2.21. The number of methoxy groups -OCH3 is 1. The molecule has 0 aliphatic carbocycles. The van der Waals surface area contributed by atoms with E-state index >= 15 is 0 Å². The Hall–Kier alpha value is -0.120. The van der Waals surface area contributed by atoms with Gasteiger partial charge in [0.15, 0.2) is 0 Å². The highest BCUT2D eigenvalue weighted by Crippen LogP contribution is 2.16. The van der Waals surface area contributed by atoms with Crippen molar-refractivity contribution < 1.29 is 9.84 Å². The Labute approximate surface area is 81.7 Å². The number of hydrogen-bond acceptors (Lipinski definition) is 3. The molecule has 0 aromatic carbocycles. The van der Waals surface area contributed by atoms with E-state index in [0.717, 1.165) is 19.4 Å². The summed E-state index contributed by atoms with van der Waals surface area (Å²) in [5.74, 6) is 0. The summed E-state index contributed by atoms with van der Waals surface area (Å²) in [7, 11) is 5.63. The molecule has 0 aromatic rings. The maximum absolute atomic E-state index is 9.58. The lowest BCUT2D eigenvalue weighted by molar-refractivity contribution is 0.000786. The number of aliphatic hydroxyl groups is 1. The summed E-state index contributed by atoms with van der Waals surface area (Å²) < 4.78 is 5.27. The number of ether oxygens (including phenoxy) is 1. The summed E-state index contributed by atoms with van der Waals surface area (Å²) in [5, 5.41) is 9.58. The molecule has 0 saturated carbocycles. The molecule has 0 aliphatic rings. The van der Waals surface area contributed by atoms with E-state index in [2.05, 4.69) is 0 Å². The van der Waals surface area contributed by atoms with Crippen LogP contribution in [0, 0.1) is 0 Å². The second-order valence-electron chi connectivity index (χ2n) is 4.42. The Morgan fingerprint density at radius 3 is 2.31 bits per heavy atom. The van der Waals surface area contributed by atoms with Gasteiger partial charge in [0.2, 0.25) is 0 Å². The van der Waals surface area contributed by atoms with Gasteiger partial charge < -0.3 is 14.7 Å². The molecular formula is C10H23NO2. The molecule has 0 heterocycles. The molecule has 1 unspecified atom stereocenters. The van der Waals surface area contributed by atoms with Gasteiger partial charge in [0.1, 0.15) is 0 Å². The fourth-order valence-corrected chi connectivity index (χ4v) is 1.13. The number of aliphatic hydroxyl groups excluding tert-OH is 1. The maximum atomic E-state index is 9.58. The summed E-state index contributed by atoms with van der Waals surface area (Å²) >= 11 is 0. The van der Waals surface area contributed by atoms with E-state index in [1.165, 1.54) is 0 Å². The molecule has 0 aliphatic heterocycles. The molecule has 3 heteroatoms. The monoisotopic (exact) mass is 189 g/mol. The molecule has 1 atom stereocenters. The van der Waals surface area contributed by atoms with Crippen LogP contribution in [0.15, 0.2) is 0 Å². The molecule has 13 heavy (non-hydrogen) atoms. The highest BCUT2D eigenvalue weighted by molar-refractivity contribution is 4.71. The predicted octanol–water partition coefficient (Wildman–Crippen LogP) is 1.11. The lowest BCUT2D eigenvalue weighted by Gasteiger charge is -2.25. The molecule has 1 N–H and O–H groups in total. The summed E-state index contributed by atoms with van der Waals surface area (Å²) in [4.78, 5) is 1.99. The topological polar surface area (TPSA) is 32.7 Å². The normalized spacial score (nSPS) is 15.0. The van der Waals surface area contributed by atoms with E-state index in [4.69, 9.17) is 4.74 Å². The molecular weight excluding hydrogens is 166 g/mol. The van der Waals surface area contributed by atoms with E-state index in [1.807, 2.05) is 32.8 Å². The predicted molar refractivity (Wildman–Crippen MR) is 54.9 cm³/mol. The van der Waals surface area contributed by atoms with Gasteiger partial charge in [-0.1, -0.05) is 0 Å². The zero-order chi connectivity index (χ0) is 10.5. The van der Waals surface area contributed by atoms with Crippen LogP contribution in [0.5, 0.6) is 0 Å².